The molecule has 1 aromatic heterocycles. The molecule has 1 unspecified atom stereocenters. The molecule has 0 saturated carbocycles. The summed E-state index contributed by atoms with van der Waals surface area (Å²) in [5.74, 6) is 0. The minimum atomic E-state index is -0.426. The van der Waals surface area contributed by atoms with Crippen LogP contribution in [0.1, 0.15) is 13.3 Å². The summed E-state index contributed by atoms with van der Waals surface area (Å²) >= 11 is 0. The number of aromatic nitrogens is 2. The van der Waals surface area contributed by atoms with Crippen LogP contribution >= 0.6 is 0 Å². The lowest BCUT2D eigenvalue weighted by molar-refractivity contribution is -0.385. The molecule has 7 nitrogen and oxygen atoms in total. The summed E-state index contributed by atoms with van der Waals surface area (Å²) in [5, 5.41) is 14.5. The normalized spacial score (nSPS) is 24.6. The summed E-state index contributed by atoms with van der Waals surface area (Å²) in [6.07, 6.45) is 3.87. The van der Waals surface area contributed by atoms with E-state index in [1.807, 2.05) is 0 Å². The zero-order valence-electron chi connectivity index (χ0n) is 10.6. The molecule has 0 bridgehead atoms. The van der Waals surface area contributed by atoms with Gasteiger partial charge in [0, 0.05) is 13.1 Å². The van der Waals surface area contributed by atoms with E-state index in [-0.39, 0.29) is 11.1 Å². The molecule has 1 aliphatic heterocycles. The number of hydrogen-bond acceptors (Lipinski definition) is 5. The maximum atomic E-state index is 10.5. The van der Waals surface area contributed by atoms with E-state index in [0.29, 0.717) is 13.1 Å². The molecule has 1 aromatic rings. The summed E-state index contributed by atoms with van der Waals surface area (Å²) in [6, 6.07) is 0. The third kappa shape index (κ3) is 2.85. The minimum Gasteiger partial charge on any atom is -0.330 e. The highest BCUT2D eigenvalue weighted by Gasteiger charge is 2.31. The fraction of sp³-hybridized carbons (Fsp3) is 0.727. The molecule has 0 aliphatic carbocycles. The largest absolute Gasteiger partial charge is 0.330 e. The van der Waals surface area contributed by atoms with Gasteiger partial charge in [0.05, 0.1) is 11.5 Å². The van der Waals surface area contributed by atoms with Crippen molar-refractivity contribution in [3.8, 4) is 0 Å². The van der Waals surface area contributed by atoms with Gasteiger partial charge in [0.15, 0.2) is 0 Å². The SMILES string of the molecule is CC1(CN)CCN(CCn2cc([N+](=O)[O-])cn2)C1. The van der Waals surface area contributed by atoms with Gasteiger partial charge >= 0.3 is 5.69 Å². The fourth-order valence-electron chi connectivity index (χ4n) is 2.30. The number of nitrogens with zero attached hydrogens (tertiary/aromatic N) is 4. The first-order valence-corrected chi connectivity index (χ1v) is 6.12. The predicted molar refractivity (Wildman–Crippen MR) is 67.1 cm³/mol. The zero-order chi connectivity index (χ0) is 13.2. The minimum absolute atomic E-state index is 0.0446. The van der Waals surface area contributed by atoms with Crippen LogP contribution in [0.15, 0.2) is 12.4 Å². The Morgan fingerprint density at radius 2 is 2.39 bits per heavy atom. The first kappa shape index (κ1) is 13.0. The number of nitrogens with two attached hydrogens (primary N) is 1. The van der Waals surface area contributed by atoms with Crippen LogP contribution in [0.25, 0.3) is 0 Å². The van der Waals surface area contributed by atoms with Crippen molar-refractivity contribution in [3.05, 3.63) is 22.5 Å². The summed E-state index contributed by atoms with van der Waals surface area (Å²) in [5.41, 5.74) is 6.02. The molecular weight excluding hydrogens is 234 g/mol. The molecule has 2 heterocycles. The van der Waals surface area contributed by atoms with Crippen LogP contribution in [0.2, 0.25) is 0 Å². The van der Waals surface area contributed by atoms with E-state index in [0.717, 1.165) is 26.1 Å². The molecule has 100 valence electrons. The second-order valence-corrected chi connectivity index (χ2v) is 5.26. The molecule has 0 spiro atoms. The number of rotatable bonds is 5. The molecule has 1 atom stereocenters. The molecule has 2 rings (SSSR count). The molecule has 0 radical (unpaired) electrons. The Labute approximate surface area is 106 Å². The molecule has 7 heteroatoms. The highest BCUT2D eigenvalue weighted by Crippen LogP contribution is 2.28. The van der Waals surface area contributed by atoms with Gasteiger partial charge in [-0.2, -0.15) is 5.10 Å². The van der Waals surface area contributed by atoms with Crippen molar-refractivity contribution in [2.75, 3.05) is 26.2 Å². The van der Waals surface area contributed by atoms with E-state index >= 15 is 0 Å². The quantitative estimate of drug-likeness (QED) is 0.608. The van der Waals surface area contributed by atoms with Crippen molar-refractivity contribution in [1.82, 2.24) is 14.7 Å². The van der Waals surface area contributed by atoms with Crippen LogP contribution in [0, 0.1) is 15.5 Å². The average Bonchev–Trinajstić information content (AvgIpc) is 2.94. The second-order valence-electron chi connectivity index (χ2n) is 5.26. The van der Waals surface area contributed by atoms with Gasteiger partial charge in [-0.3, -0.25) is 14.8 Å². The van der Waals surface area contributed by atoms with Gasteiger partial charge < -0.3 is 10.6 Å². The Hall–Kier alpha value is -1.47. The molecule has 2 N–H and O–H groups in total. The first-order chi connectivity index (χ1) is 8.52. The van der Waals surface area contributed by atoms with Gasteiger partial charge in [-0.15, -0.1) is 0 Å². The van der Waals surface area contributed by atoms with Crippen molar-refractivity contribution in [2.24, 2.45) is 11.1 Å². The van der Waals surface area contributed by atoms with Gasteiger partial charge in [0.2, 0.25) is 0 Å². The molecular formula is C11H19N5O2. The van der Waals surface area contributed by atoms with Crippen molar-refractivity contribution in [3.63, 3.8) is 0 Å². The van der Waals surface area contributed by atoms with Crippen molar-refractivity contribution >= 4 is 5.69 Å². The van der Waals surface area contributed by atoms with E-state index in [2.05, 4.69) is 16.9 Å². The summed E-state index contributed by atoms with van der Waals surface area (Å²) in [4.78, 5) is 12.4. The average molecular weight is 253 g/mol. The molecule has 0 aromatic carbocycles. The Bertz CT molecular complexity index is 433. The summed E-state index contributed by atoms with van der Waals surface area (Å²) in [7, 11) is 0. The zero-order valence-corrected chi connectivity index (χ0v) is 10.6. The summed E-state index contributed by atoms with van der Waals surface area (Å²) < 4.78 is 1.62. The Balaban J connectivity index is 1.83. The van der Waals surface area contributed by atoms with E-state index in [1.165, 1.54) is 12.4 Å². The van der Waals surface area contributed by atoms with Crippen LogP contribution in [0.4, 0.5) is 5.69 Å². The molecule has 1 saturated heterocycles. The van der Waals surface area contributed by atoms with E-state index in [9.17, 15) is 10.1 Å². The predicted octanol–water partition coefficient (Wildman–Crippen LogP) is 0.462. The van der Waals surface area contributed by atoms with Gasteiger partial charge in [0.1, 0.15) is 12.4 Å². The van der Waals surface area contributed by atoms with Crippen LogP contribution in [0.3, 0.4) is 0 Å². The third-order valence-corrected chi connectivity index (χ3v) is 3.61. The lowest BCUT2D eigenvalue weighted by Gasteiger charge is -2.22. The number of likely N-dealkylation sites (tertiary alicyclic amines) is 1. The second kappa shape index (κ2) is 5.03. The fourth-order valence-corrected chi connectivity index (χ4v) is 2.30. The van der Waals surface area contributed by atoms with Crippen LogP contribution < -0.4 is 5.73 Å². The monoisotopic (exact) mass is 253 g/mol. The Morgan fingerprint density at radius 3 is 2.94 bits per heavy atom. The standard InChI is InChI=1S/C11H19N5O2/c1-11(8-12)2-3-14(9-11)4-5-15-7-10(6-13-15)16(17)18/h6-7H,2-5,8-9,12H2,1H3. The summed E-state index contributed by atoms with van der Waals surface area (Å²) in [6.45, 7) is 6.47. The highest BCUT2D eigenvalue weighted by molar-refractivity contribution is 5.20. The van der Waals surface area contributed by atoms with E-state index in [1.54, 1.807) is 4.68 Å². The van der Waals surface area contributed by atoms with Crippen LogP contribution in [-0.2, 0) is 6.54 Å². The van der Waals surface area contributed by atoms with Crippen molar-refractivity contribution in [2.45, 2.75) is 19.9 Å². The third-order valence-electron chi connectivity index (χ3n) is 3.61. The van der Waals surface area contributed by atoms with Gasteiger partial charge in [-0.1, -0.05) is 6.92 Å². The molecule has 18 heavy (non-hydrogen) atoms. The lowest BCUT2D eigenvalue weighted by atomic mass is 9.90. The maximum Gasteiger partial charge on any atom is 0.306 e. The van der Waals surface area contributed by atoms with E-state index < -0.39 is 4.92 Å². The molecule has 1 fully saturated rings. The topological polar surface area (TPSA) is 90.2 Å². The lowest BCUT2D eigenvalue weighted by Crippen LogP contribution is -2.32. The Kier molecular flexibility index (Phi) is 3.63. The maximum absolute atomic E-state index is 10.5. The molecule has 0 amide bonds. The molecule has 1 aliphatic rings. The van der Waals surface area contributed by atoms with Crippen LogP contribution in [-0.4, -0.2) is 45.8 Å². The number of nitro groups is 1. The van der Waals surface area contributed by atoms with Crippen LogP contribution in [0.5, 0.6) is 0 Å². The van der Waals surface area contributed by atoms with E-state index in [4.69, 9.17) is 5.73 Å². The highest BCUT2D eigenvalue weighted by atomic mass is 16.6. The van der Waals surface area contributed by atoms with Crippen molar-refractivity contribution < 1.29 is 4.92 Å². The van der Waals surface area contributed by atoms with Gasteiger partial charge in [0.25, 0.3) is 0 Å². The first-order valence-electron chi connectivity index (χ1n) is 6.12. The smallest absolute Gasteiger partial charge is 0.306 e. The van der Waals surface area contributed by atoms with Gasteiger partial charge in [-0.25, -0.2) is 0 Å². The van der Waals surface area contributed by atoms with Crippen molar-refractivity contribution in [1.29, 1.82) is 0 Å². The number of hydrogen-bond donors (Lipinski definition) is 1. The Morgan fingerprint density at radius 1 is 1.61 bits per heavy atom. The van der Waals surface area contributed by atoms with Gasteiger partial charge in [-0.05, 0) is 24.9 Å².